The molecule has 142 valence electrons. The summed E-state index contributed by atoms with van der Waals surface area (Å²) in [4.78, 5) is 35.5. The van der Waals surface area contributed by atoms with Crippen LogP contribution in [-0.2, 0) is 20.7 Å². The van der Waals surface area contributed by atoms with Gasteiger partial charge in [-0.15, -0.1) is 0 Å². The van der Waals surface area contributed by atoms with Crippen LogP contribution in [0.15, 0.2) is 36.4 Å². The summed E-state index contributed by atoms with van der Waals surface area (Å²) in [6.07, 6.45) is -0.180. The minimum Gasteiger partial charge on any atom is -0.455 e. The predicted octanol–water partition coefficient (Wildman–Crippen LogP) is 4.04. The summed E-state index contributed by atoms with van der Waals surface area (Å²) < 4.78 is 4.86. The first-order valence-corrected chi connectivity index (χ1v) is 8.79. The molecule has 0 fully saturated rings. The van der Waals surface area contributed by atoms with Crippen molar-refractivity contribution in [1.82, 2.24) is 5.32 Å². The van der Waals surface area contributed by atoms with E-state index in [9.17, 15) is 14.4 Å². The number of benzene rings is 2. The summed E-state index contributed by atoms with van der Waals surface area (Å²) in [5, 5.41) is 5.34. The Balaban J connectivity index is 1.82. The van der Waals surface area contributed by atoms with Crippen LogP contribution in [0.4, 0.5) is 10.5 Å². The molecule has 3 amide bonds. The average molecular weight is 409 g/mol. The quantitative estimate of drug-likeness (QED) is 0.730. The topological polar surface area (TPSA) is 84.5 Å². The molecule has 0 unspecified atom stereocenters. The van der Waals surface area contributed by atoms with Gasteiger partial charge in [0, 0.05) is 21.3 Å². The number of halogens is 2. The molecule has 2 N–H and O–H groups in total. The third-order valence-electron chi connectivity index (χ3n) is 3.85. The molecule has 0 radical (unpaired) electrons. The van der Waals surface area contributed by atoms with E-state index in [1.54, 1.807) is 30.3 Å². The fourth-order valence-electron chi connectivity index (χ4n) is 2.25. The van der Waals surface area contributed by atoms with Gasteiger partial charge in [0.05, 0.1) is 6.42 Å². The lowest BCUT2D eigenvalue weighted by Crippen LogP contribution is -2.37. The maximum atomic E-state index is 11.9. The van der Waals surface area contributed by atoms with Crippen LogP contribution < -0.4 is 10.6 Å². The molecular weight excluding hydrogens is 391 g/mol. The first-order valence-electron chi connectivity index (χ1n) is 8.03. The molecule has 2 rings (SSSR count). The molecule has 2 aromatic carbocycles. The van der Waals surface area contributed by atoms with E-state index < -0.39 is 24.5 Å². The smallest absolute Gasteiger partial charge is 0.325 e. The highest BCUT2D eigenvalue weighted by Gasteiger charge is 2.15. The fourth-order valence-corrected chi connectivity index (χ4v) is 2.78. The Bertz CT molecular complexity index is 864. The Labute approximate surface area is 166 Å². The van der Waals surface area contributed by atoms with E-state index in [1.165, 1.54) is 0 Å². The Hall–Kier alpha value is -2.57. The number of amides is 3. The molecule has 0 aromatic heterocycles. The van der Waals surface area contributed by atoms with E-state index in [-0.39, 0.29) is 6.42 Å². The highest BCUT2D eigenvalue weighted by Crippen LogP contribution is 2.24. The van der Waals surface area contributed by atoms with E-state index in [0.29, 0.717) is 21.3 Å². The minimum atomic E-state index is -0.753. The second-order valence-electron chi connectivity index (χ2n) is 5.79. The Kier molecular flexibility index (Phi) is 7.21. The van der Waals surface area contributed by atoms with Crippen molar-refractivity contribution in [2.45, 2.75) is 20.3 Å². The SMILES string of the molecule is Cc1cccc(NC(=O)NC(=O)COC(=O)Cc2c(Cl)cccc2Cl)c1C. The van der Waals surface area contributed by atoms with Gasteiger partial charge in [-0.05, 0) is 43.2 Å². The summed E-state index contributed by atoms with van der Waals surface area (Å²) >= 11 is 12.0. The Morgan fingerprint density at radius 3 is 2.30 bits per heavy atom. The zero-order chi connectivity index (χ0) is 20.0. The first-order chi connectivity index (χ1) is 12.8. The molecule has 0 aliphatic rings. The van der Waals surface area contributed by atoms with Crippen LogP contribution in [0.3, 0.4) is 0 Å². The number of rotatable bonds is 5. The number of imide groups is 1. The highest BCUT2D eigenvalue weighted by molar-refractivity contribution is 6.36. The van der Waals surface area contributed by atoms with Crippen molar-refractivity contribution in [1.29, 1.82) is 0 Å². The number of hydrogen-bond acceptors (Lipinski definition) is 4. The molecule has 6 nitrogen and oxygen atoms in total. The van der Waals surface area contributed by atoms with E-state index >= 15 is 0 Å². The lowest BCUT2D eigenvalue weighted by molar-refractivity contribution is -0.147. The predicted molar refractivity (Wildman–Crippen MR) is 104 cm³/mol. The number of hydrogen-bond donors (Lipinski definition) is 2. The van der Waals surface area contributed by atoms with Gasteiger partial charge in [-0.25, -0.2) is 4.79 Å². The first kappa shape index (κ1) is 20.7. The maximum absolute atomic E-state index is 11.9. The van der Waals surface area contributed by atoms with Gasteiger partial charge in [0.15, 0.2) is 6.61 Å². The normalized spacial score (nSPS) is 10.2. The van der Waals surface area contributed by atoms with Crippen LogP contribution in [-0.4, -0.2) is 24.5 Å². The van der Waals surface area contributed by atoms with Gasteiger partial charge in [-0.2, -0.15) is 0 Å². The molecule has 0 bridgehead atoms. The van der Waals surface area contributed by atoms with Crippen molar-refractivity contribution >= 4 is 46.8 Å². The monoisotopic (exact) mass is 408 g/mol. The molecule has 0 saturated heterocycles. The largest absolute Gasteiger partial charge is 0.455 e. The summed E-state index contributed by atoms with van der Waals surface area (Å²) in [6.45, 7) is 3.17. The van der Waals surface area contributed by atoms with Crippen LogP contribution >= 0.6 is 23.2 Å². The van der Waals surface area contributed by atoms with E-state index in [2.05, 4.69) is 10.6 Å². The van der Waals surface area contributed by atoms with Gasteiger partial charge in [0.2, 0.25) is 0 Å². The molecule has 0 spiro atoms. The lowest BCUT2D eigenvalue weighted by atomic mass is 10.1. The van der Waals surface area contributed by atoms with Crippen LogP contribution in [0.1, 0.15) is 16.7 Å². The van der Waals surface area contributed by atoms with E-state index in [4.69, 9.17) is 27.9 Å². The van der Waals surface area contributed by atoms with Crippen LogP contribution in [0.25, 0.3) is 0 Å². The number of ether oxygens (including phenoxy) is 1. The fraction of sp³-hybridized carbons (Fsp3) is 0.211. The van der Waals surface area contributed by atoms with Crippen molar-refractivity contribution in [3.8, 4) is 0 Å². The van der Waals surface area contributed by atoms with Gasteiger partial charge < -0.3 is 10.1 Å². The third-order valence-corrected chi connectivity index (χ3v) is 4.56. The second-order valence-corrected chi connectivity index (χ2v) is 6.60. The second kappa shape index (κ2) is 9.39. The summed E-state index contributed by atoms with van der Waals surface area (Å²) in [7, 11) is 0. The average Bonchev–Trinajstić information content (AvgIpc) is 2.60. The number of anilines is 1. The molecule has 0 aliphatic carbocycles. The van der Waals surface area contributed by atoms with Crippen molar-refractivity contribution < 1.29 is 19.1 Å². The number of esters is 1. The highest BCUT2D eigenvalue weighted by atomic mass is 35.5. The van der Waals surface area contributed by atoms with Crippen LogP contribution in [0.5, 0.6) is 0 Å². The molecule has 0 aliphatic heterocycles. The zero-order valence-electron chi connectivity index (χ0n) is 14.8. The molecular formula is C19H18Cl2N2O4. The van der Waals surface area contributed by atoms with E-state index in [0.717, 1.165) is 11.1 Å². The molecule has 8 heteroatoms. The van der Waals surface area contributed by atoms with Crippen molar-refractivity contribution in [3.63, 3.8) is 0 Å². The zero-order valence-corrected chi connectivity index (χ0v) is 16.3. The number of aryl methyl sites for hydroxylation is 1. The van der Waals surface area contributed by atoms with Crippen LogP contribution in [0, 0.1) is 13.8 Å². The van der Waals surface area contributed by atoms with Gasteiger partial charge in [-0.1, -0.05) is 41.4 Å². The summed E-state index contributed by atoms with van der Waals surface area (Å²) in [6, 6.07) is 9.57. The standard InChI is InChI=1S/C19H18Cl2N2O4/c1-11-5-3-8-16(12(11)2)22-19(26)23-17(24)10-27-18(25)9-13-14(20)6-4-7-15(13)21/h3-8H,9-10H2,1-2H3,(H2,22,23,24,26). The van der Waals surface area contributed by atoms with Gasteiger partial charge >= 0.3 is 12.0 Å². The molecule has 0 saturated carbocycles. The number of nitrogens with one attached hydrogen (secondary N) is 2. The van der Waals surface area contributed by atoms with Crippen molar-refractivity contribution in [3.05, 3.63) is 63.1 Å². The minimum absolute atomic E-state index is 0.180. The molecule has 0 atom stereocenters. The maximum Gasteiger partial charge on any atom is 0.325 e. The third kappa shape index (κ3) is 5.98. The number of carbonyl (C=O) groups excluding carboxylic acids is 3. The van der Waals surface area contributed by atoms with Gasteiger partial charge in [0.25, 0.3) is 5.91 Å². The lowest BCUT2D eigenvalue weighted by Gasteiger charge is -2.11. The summed E-state index contributed by atoms with van der Waals surface area (Å²) in [5.74, 6) is -1.44. The van der Waals surface area contributed by atoms with Crippen molar-refractivity contribution in [2.24, 2.45) is 0 Å². The molecule has 2 aromatic rings. The van der Waals surface area contributed by atoms with Crippen LogP contribution in [0.2, 0.25) is 10.0 Å². The number of urea groups is 1. The summed E-state index contributed by atoms with van der Waals surface area (Å²) in [5.41, 5.74) is 2.90. The Morgan fingerprint density at radius 1 is 1.00 bits per heavy atom. The Morgan fingerprint density at radius 2 is 1.63 bits per heavy atom. The molecule has 0 heterocycles. The van der Waals surface area contributed by atoms with E-state index in [1.807, 2.05) is 19.9 Å². The number of carbonyl (C=O) groups is 3. The van der Waals surface area contributed by atoms with Gasteiger partial charge in [-0.3, -0.25) is 14.9 Å². The van der Waals surface area contributed by atoms with Gasteiger partial charge in [0.1, 0.15) is 0 Å². The molecule has 27 heavy (non-hydrogen) atoms. The van der Waals surface area contributed by atoms with Crippen molar-refractivity contribution in [2.75, 3.05) is 11.9 Å².